The van der Waals surface area contributed by atoms with Crippen LogP contribution in [0.4, 0.5) is 5.69 Å². The van der Waals surface area contributed by atoms with Crippen molar-refractivity contribution in [3.05, 3.63) is 47.4 Å². The summed E-state index contributed by atoms with van der Waals surface area (Å²) in [5, 5.41) is 16.7. The first kappa shape index (κ1) is 14.7. The van der Waals surface area contributed by atoms with E-state index in [1.54, 1.807) is 18.0 Å². The molecule has 0 bridgehead atoms. The van der Waals surface area contributed by atoms with Crippen molar-refractivity contribution in [3.63, 3.8) is 0 Å². The molecule has 2 aromatic heterocycles. The van der Waals surface area contributed by atoms with Gasteiger partial charge in [-0.2, -0.15) is 9.61 Å². The van der Waals surface area contributed by atoms with Gasteiger partial charge in [-0.1, -0.05) is 6.07 Å². The predicted molar refractivity (Wildman–Crippen MR) is 95.1 cm³/mol. The summed E-state index contributed by atoms with van der Waals surface area (Å²) in [4.78, 5) is 0. The van der Waals surface area contributed by atoms with E-state index < -0.39 is 0 Å². The van der Waals surface area contributed by atoms with Crippen LogP contribution in [-0.2, 0) is 6.42 Å². The van der Waals surface area contributed by atoms with Gasteiger partial charge < -0.3 is 10.1 Å². The van der Waals surface area contributed by atoms with Crippen LogP contribution in [0.25, 0.3) is 5.65 Å². The Kier molecular flexibility index (Phi) is 3.36. The summed E-state index contributed by atoms with van der Waals surface area (Å²) < 4.78 is 7.18. The van der Waals surface area contributed by atoms with Gasteiger partial charge in [0.25, 0.3) is 0 Å². The number of rotatable bonds is 4. The standard InChI is InChI=1S/C19H21N5O/c1-25-14-7-8-15-13(9-14)3-2-4-16(15)21-18-10-17(12-5-6-12)23-24-11-20-22-19(18)24/h7-12,16,21H,2-6H2,1H3. The topological polar surface area (TPSA) is 64.3 Å². The van der Waals surface area contributed by atoms with Gasteiger partial charge in [0.2, 0.25) is 5.65 Å². The molecule has 1 unspecified atom stereocenters. The van der Waals surface area contributed by atoms with E-state index in [9.17, 15) is 0 Å². The number of hydrogen-bond donors (Lipinski definition) is 1. The van der Waals surface area contributed by atoms with Crippen LogP contribution >= 0.6 is 0 Å². The van der Waals surface area contributed by atoms with E-state index in [0.717, 1.165) is 35.6 Å². The van der Waals surface area contributed by atoms with Gasteiger partial charge in [0.15, 0.2) is 0 Å². The number of aromatic nitrogens is 4. The van der Waals surface area contributed by atoms with Gasteiger partial charge in [0.1, 0.15) is 12.1 Å². The molecular formula is C19H21N5O. The number of anilines is 1. The summed E-state index contributed by atoms with van der Waals surface area (Å²) in [5.74, 6) is 1.52. The lowest BCUT2D eigenvalue weighted by Gasteiger charge is -2.27. The minimum atomic E-state index is 0.282. The maximum absolute atomic E-state index is 5.38. The third-order valence-corrected chi connectivity index (χ3v) is 5.28. The number of benzene rings is 1. The maximum atomic E-state index is 5.38. The first-order valence-electron chi connectivity index (χ1n) is 8.96. The van der Waals surface area contributed by atoms with Gasteiger partial charge in [-0.05, 0) is 61.4 Å². The van der Waals surface area contributed by atoms with Crippen LogP contribution in [0.1, 0.15) is 54.5 Å². The Labute approximate surface area is 146 Å². The lowest BCUT2D eigenvalue weighted by Crippen LogP contribution is -2.18. The molecule has 1 N–H and O–H groups in total. The van der Waals surface area contributed by atoms with Crippen molar-refractivity contribution in [2.75, 3.05) is 12.4 Å². The van der Waals surface area contributed by atoms with Crippen molar-refractivity contribution < 1.29 is 4.74 Å². The van der Waals surface area contributed by atoms with Crippen molar-refractivity contribution in [2.45, 2.75) is 44.1 Å². The van der Waals surface area contributed by atoms with Gasteiger partial charge >= 0.3 is 0 Å². The molecule has 0 amide bonds. The number of fused-ring (bicyclic) bond motifs is 2. The SMILES string of the molecule is COc1ccc2c(c1)CCCC2Nc1cc(C2CC2)nn2cnnc12. The van der Waals surface area contributed by atoms with E-state index in [2.05, 4.69) is 38.8 Å². The molecule has 0 saturated heterocycles. The highest BCUT2D eigenvalue weighted by atomic mass is 16.5. The normalized spacial score (nSPS) is 19.6. The zero-order valence-corrected chi connectivity index (χ0v) is 14.3. The minimum absolute atomic E-state index is 0.282. The monoisotopic (exact) mass is 335 g/mol. The molecule has 6 nitrogen and oxygen atoms in total. The molecule has 0 spiro atoms. The molecule has 6 heteroatoms. The lowest BCUT2D eigenvalue weighted by molar-refractivity contribution is 0.413. The number of ether oxygens (including phenoxy) is 1. The number of hydrogen-bond acceptors (Lipinski definition) is 5. The van der Waals surface area contributed by atoms with E-state index >= 15 is 0 Å². The van der Waals surface area contributed by atoms with E-state index in [1.807, 2.05) is 6.07 Å². The molecule has 1 aromatic carbocycles. The highest BCUT2D eigenvalue weighted by Crippen LogP contribution is 2.41. The van der Waals surface area contributed by atoms with Crippen molar-refractivity contribution in [1.29, 1.82) is 0 Å². The second-order valence-electron chi connectivity index (χ2n) is 7.01. The fourth-order valence-corrected chi connectivity index (χ4v) is 3.79. The van der Waals surface area contributed by atoms with Crippen molar-refractivity contribution in [2.24, 2.45) is 0 Å². The zero-order chi connectivity index (χ0) is 16.8. The quantitative estimate of drug-likeness (QED) is 0.790. The van der Waals surface area contributed by atoms with Crippen LogP contribution in [0.15, 0.2) is 30.6 Å². The summed E-state index contributed by atoms with van der Waals surface area (Å²) in [6.07, 6.45) is 7.53. The smallest absolute Gasteiger partial charge is 0.200 e. The largest absolute Gasteiger partial charge is 0.497 e. The molecule has 5 rings (SSSR count). The van der Waals surface area contributed by atoms with Gasteiger partial charge in [0.05, 0.1) is 24.5 Å². The summed E-state index contributed by atoms with van der Waals surface area (Å²) >= 11 is 0. The molecular weight excluding hydrogens is 314 g/mol. The number of aryl methyl sites for hydroxylation is 1. The van der Waals surface area contributed by atoms with Gasteiger partial charge in [0, 0.05) is 5.92 Å². The van der Waals surface area contributed by atoms with E-state index in [-0.39, 0.29) is 6.04 Å². The molecule has 2 aliphatic rings. The molecule has 0 radical (unpaired) electrons. The highest BCUT2D eigenvalue weighted by Gasteiger charge is 2.28. The van der Waals surface area contributed by atoms with Crippen molar-refractivity contribution in [1.82, 2.24) is 19.8 Å². The van der Waals surface area contributed by atoms with Crippen LogP contribution < -0.4 is 10.1 Å². The first-order chi connectivity index (χ1) is 12.3. The van der Waals surface area contributed by atoms with Crippen LogP contribution in [0.3, 0.4) is 0 Å². The summed E-state index contributed by atoms with van der Waals surface area (Å²) in [6.45, 7) is 0. The zero-order valence-electron chi connectivity index (χ0n) is 14.3. The third-order valence-electron chi connectivity index (χ3n) is 5.28. The van der Waals surface area contributed by atoms with E-state index in [1.165, 1.54) is 30.4 Å². The first-order valence-corrected chi connectivity index (χ1v) is 8.96. The van der Waals surface area contributed by atoms with Gasteiger partial charge in [-0.3, -0.25) is 0 Å². The Bertz CT molecular complexity index is 931. The highest BCUT2D eigenvalue weighted by molar-refractivity contribution is 5.68. The molecule has 2 aliphatic carbocycles. The number of nitrogens with zero attached hydrogens (tertiary/aromatic N) is 4. The third kappa shape index (κ3) is 2.62. The van der Waals surface area contributed by atoms with Crippen LogP contribution in [-0.4, -0.2) is 26.9 Å². The minimum Gasteiger partial charge on any atom is -0.497 e. The van der Waals surface area contributed by atoms with Crippen LogP contribution in [0.5, 0.6) is 5.75 Å². The maximum Gasteiger partial charge on any atom is 0.200 e. The molecule has 1 fully saturated rings. The summed E-state index contributed by atoms with van der Waals surface area (Å²) in [7, 11) is 1.72. The fourth-order valence-electron chi connectivity index (χ4n) is 3.79. The molecule has 0 aliphatic heterocycles. The summed E-state index contributed by atoms with van der Waals surface area (Å²) in [5.41, 5.74) is 5.69. The molecule has 3 aromatic rings. The van der Waals surface area contributed by atoms with Gasteiger partial charge in [-0.15, -0.1) is 10.2 Å². The molecule has 128 valence electrons. The van der Waals surface area contributed by atoms with Crippen molar-refractivity contribution >= 4 is 11.3 Å². The Morgan fingerprint density at radius 2 is 2.12 bits per heavy atom. The molecule has 1 atom stereocenters. The Balaban J connectivity index is 1.52. The Hall–Kier alpha value is -2.63. The molecule has 25 heavy (non-hydrogen) atoms. The van der Waals surface area contributed by atoms with Crippen LogP contribution in [0.2, 0.25) is 0 Å². The number of nitrogens with one attached hydrogen (secondary N) is 1. The predicted octanol–water partition coefficient (Wildman–Crippen LogP) is 3.50. The second kappa shape index (κ2) is 5.72. The van der Waals surface area contributed by atoms with Crippen LogP contribution in [0, 0.1) is 0 Å². The van der Waals surface area contributed by atoms with Crippen molar-refractivity contribution in [3.8, 4) is 5.75 Å². The fraction of sp³-hybridized carbons (Fsp3) is 0.421. The van der Waals surface area contributed by atoms with E-state index in [4.69, 9.17) is 4.74 Å². The van der Waals surface area contributed by atoms with Gasteiger partial charge in [-0.25, -0.2) is 0 Å². The average molecular weight is 335 g/mol. The Morgan fingerprint density at radius 1 is 1.20 bits per heavy atom. The summed E-state index contributed by atoms with van der Waals surface area (Å²) in [6, 6.07) is 8.85. The average Bonchev–Trinajstić information content (AvgIpc) is 3.39. The number of methoxy groups -OCH3 is 1. The second-order valence-corrected chi connectivity index (χ2v) is 7.01. The van der Waals surface area contributed by atoms with E-state index in [0.29, 0.717) is 5.92 Å². The molecule has 1 saturated carbocycles. The Morgan fingerprint density at radius 3 is 2.96 bits per heavy atom. The molecule has 2 heterocycles. The lowest BCUT2D eigenvalue weighted by atomic mass is 9.87.